The van der Waals surface area contributed by atoms with E-state index in [1.807, 2.05) is 62.1 Å². The molecule has 0 aliphatic carbocycles. The number of para-hydroxylation sites is 1. The van der Waals surface area contributed by atoms with E-state index in [0.29, 0.717) is 5.69 Å². The van der Waals surface area contributed by atoms with Crippen LogP contribution in [0.3, 0.4) is 0 Å². The van der Waals surface area contributed by atoms with Crippen LogP contribution in [0.25, 0.3) is 5.52 Å². The summed E-state index contributed by atoms with van der Waals surface area (Å²) in [6.45, 7) is 5.86. The van der Waals surface area contributed by atoms with Crippen LogP contribution in [0.1, 0.15) is 21.7 Å². The molecule has 134 valence electrons. The van der Waals surface area contributed by atoms with Crippen LogP contribution in [-0.2, 0) is 0 Å². The van der Waals surface area contributed by atoms with Crippen molar-refractivity contribution in [2.24, 2.45) is 0 Å². The lowest BCUT2D eigenvalue weighted by Crippen LogP contribution is -2.33. The highest BCUT2D eigenvalue weighted by molar-refractivity contribution is 7.99. The van der Waals surface area contributed by atoms with Gasteiger partial charge in [-0.05, 0) is 25.5 Å². The van der Waals surface area contributed by atoms with Gasteiger partial charge in [-0.3, -0.25) is 4.79 Å². The predicted octanol–water partition coefficient (Wildman–Crippen LogP) is 3.15. The average Bonchev–Trinajstić information content (AvgIpc) is 3.07. The molecule has 0 atom stereocenters. The Bertz CT molecular complexity index is 962. The summed E-state index contributed by atoms with van der Waals surface area (Å²) >= 11 is 1.96. The first kappa shape index (κ1) is 16.9. The molecule has 7 heteroatoms. The van der Waals surface area contributed by atoms with Gasteiger partial charge in [-0.25, -0.2) is 9.50 Å². The van der Waals surface area contributed by atoms with Crippen LogP contribution in [0, 0.1) is 13.8 Å². The van der Waals surface area contributed by atoms with E-state index < -0.39 is 0 Å². The second-order valence-corrected chi connectivity index (χ2v) is 7.66. The highest BCUT2D eigenvalue weighted by Gasteiger charge is 2.20. The quantitative estimate of drug-likeness (QED) is 0.770. The van der Waals surface area contributed by atoms with Gasteiger partial charge in [-0.1, -0.05) is 18.2 Å². The van der Waals surface area contributed by atoms with Gasteiger partial charge in [0.1, 0.15) is 5.52 Å². The smallest absolute Gasteiger partial charge is 0.276 e. The molecular formula is C19H21N5OS. The van der Waals surface area contributed by atoms with Gasteiger partial charge in [0, 0.05) is 36.3 Å². The highest BCUT2D eigenvalue weighted by Crippen LogP contribution is 2.24. The van der Waals surface area contributed by atoms with Gasteiger partial charge in [0.15, 0.2) is 11.5 Å². The van der Waals surface area contributed by atoms with Gasteiger partial charge in [-0.2, -0.15) is 16.9 Å². The van der Waals surface area contributed by atoms with Crippen molar-refractivity contribution in [2.75, 3.05) is 34.8 Å². The largest absolute Gasteiger partial charge is 0.353 e. The summed E-state index contributed by atoms with van der Waals surface area (Å²) in [5, 5.41) is 7.44. The van der Waals surface area contributed by atoms with E-state index in [4.69, 9.17) is 4.98 Å². The van der Waals surface area contributed by atoms with Crippen molar-refractivity contribution in [2.45, 2.75) is 13.8 Å². The molecule has 0 radical (unpaired) electrons. The fourth-order valence-electron chi connectivity index (χ4n) is 3.11. The van der Waals surface area contributed by atoms with E-state index in [1.165, 1.54) is 0 Å². The van der Waals surface area contributed by atoms with Crippen LogP contribution in [0.4, 0.5) is 11.5 Å². The number of fused-ring (bicyclic) bond motifs is 1. The van der Waals surface area contributed by atoms with E-state index in [2.05, 4.69) is 15.3 Å². The number of hydrogen-bond acceptors (Lipinski definition) is 5. The van der Waals surface area contributed by atoms with Gasteiger partial charge >= 0.3 is 0 Å². The third kappa shape index (κ3) is 3.26. The first-order valence-corrected chi connectivity index (χ1v) is 9.84. The third-order valence-electron chi connectivity index (χ3n) is 4.49. The van der Waals surface area contributed by atoms with Crippen molar-refractivity contribution >= 4 is 34.7 Å². The maximum atomic E-state index is 12.7. The molecule has 0 spiro atoms. The molecule has 1 amide bonds. The van der Waals surface area contributed by atoms with E-state index in [1.54, 1.807) is 4.52 Å². The van der Waals surface area contributed by atoms with Crippen molar-refractivity contribution in [1.29, 1.82) is 0 Å². The highest BCUT2D eigenvalue weighted by atomic mass is 32.2. The lowest BCUT2D eigenvalue weighted by atomic mass is 10.2. The van der Waals surface area contributed by atoms with Gasteiger partial charge in [0.2, 0.25) is 0 Å². The SMILES string of the molecule is Cc1cn2nc(C(=O)Nc3ccccc3C)cc2c(N2CCSCC2)n1. The fraction of sp³-hybridized carbons (Fsp3) is 0.316. The molecular weight excluding hydrogens is 346 g/mol. The minimum atomic E-state index is -0.208. The number of anilines is 2. The van der Waals surface area contributed by atoms with E-state index >= 15 is 0 Å². The van der Waals surface area contributed by atoms with Crippen molar-refractivity contribution in [3.05, 3.63) is 53.5 Å². The number of aryl methyl sites for hydroxylation is 2. The molecule has 3 aromatic rings. The van der Waals surface area contributed by atoms with Crippen molar-refractivity contribution in [3.8, 4) is 0 Å². The summed E-state index contributed by atoms with van der Waals surface area (Å²) in [7, 11) is 0. The molecule has 6 nitrogen and oxygen atoms in total. The second-order valence-electron chi connectivity index (χ2n) is 6.43. The number of nitrogens with zero attached hydrogens (tertiary/aromatic N) is 4. The summed E-state index contributed by atoms with van der Waals surface area (Å²) in [5.41, 5.74) is 3.98. The molecule has 1 aliphatic heterocycles. The molecule has 26 heavy (non-hydrogen) atoms. The van der Waals surface area contributed by atoms with Gasteiger partial charge in [0.25, 0.3) is 5.91 Å². The third-order valence-corrected chi connectivity index (χ3v) is 5.44. The van der Waals surface area contributed by atoms with Gasteiger partial charge in [0.05, 0.1) is 11.9 Å². The van der Waals surface area contributed by atoms with Crippen LogP contribution in [0.5, 0.6) is 0 Å². The van der Waals surface area contributed by atoms with E-state index in [9.17, 15) is 4.79 Å². The Labute approximate surface area is 156 Å². The summed E-state index contributed by atoms with van der Waals surface area (Å²) in [5.74, 6) is 2.89. The molecule has 4 rings (SSSR count). The van der Waals surface area contributed by atoms with Crippen LogP contribution in [0.15, 0.2) is 36.5 Å². The molecule has 3 heterocycles. The van der Waals surface area contributed by atoms with Crippen molar-refractivity contribution < 1.29 is 4.79 Å². The maximum absolute atomic E-state index is 12.7. The number of benzene rings is 1. The molecule has 1 aliphatic rings. The fourth-order valence-corrected chi connectivity index (χ4v) is 4.01. The zero-order valence-corrected chi connectivity index (χ0v) is 15.7. The first-order chi connectivity index (χ1) is 12.6. The summed E-state index contributed by atoms with van der Waals surface area (Å²) in [6, 6.07) is 9.56. The number of aromatic nitrogens is 3. The van der Waals surface area contributed by atoms with E-state index in [-0.39, 0.29) is 5.91 Å². The number of nitrogens with one attached hydrogen (secondary N) is 1. The standard InChI is InChI=1S/C19H21N5OS/c1-13-5-3-4-6-15(13)21-19(25)16-11-17-18(23-7-9-26-10-8-23)20-14(2)12-24(17)22-16/h3-6,11-12H,7-10H2,1-2H3,(H,21,25). The normalized spacial score (nSPS) is 14.6. The Morgan fingerprint density at radius 3 is 2.73 bits per heavy atom. The molecule has 0 unspecified atom stereocenters. The lowest BCUT2D eigenvalue weighted by molar-refractivity contribution is 0.102. The Morgan fingerprint density at radius 1 is 1.19 bits per heavy atom. The summed E-state index contributed by atoms with van der Waals surface area (Å²) < 4.78 is 1.77. The number of amides is 1. The van der Waals surface area contributed by atoms with Crippen molar-refractivity contribution in [3.63, 3.8) is 0 Å². The number of rotatable bonds is 3. The number of hydrogen-bond donors (Lipinski definition) is 1. The first-order valence-electron chi connectivity index (χ1n) is 8.68. The Morgan fingerprint density at radius 2 is 1.96 bits per heavy atom. The molecule has 1 N–H and O–H groups in total. The molecule has 0 saturated carbocycles. The number of thioether (sulfide) groups is 1. The van der Waals surface area contributed by atoms with Gasteiger partial charge in [-0.15, -0.1) is 0 Å². The second kappa shape index (κ2) is 6.99. The Kier molecular flexibility index (Phi) is 4.55. The molecule has 0 bridgehead atoms. The Balaban J connectivity index is 1.68. The minimum Gasteiger partial charge on any atom is -0.353 e. The molecule has 1 aromatic carbocycles. The molecule has 2 aromatic heterocycles. The maximum Gasteiger partial charge on any atom is 0.276 e. The number of carbonyl (C=O) groups is 1. The van der Waals surface area contributed by atoms with Crippen LogP contribution < -0.4 is 10.2 Å². The number of carbonyl (C=O) groups excluding carboxylic acids is 1. The summed E-state index contributed by atoms with van der Waals surface area (Å²) in [4.78, 5) is 19.7. The van der Waals surface area contributed by atoms with Crippen molar-refractivity contribution in [1.82, 2.24) is 14.6 Å². The topological polar surface area (TPSA) is 62.5 Å². The average molecular weight is 367 g/mol. The lowest BCUT2D eigenvalue weighted by Gasteiger charge is -2.28. The van der Waals surface area contributed by atoms with Gasteiger partial charge < -0.3 is 10.2 Å². The van der Waals surface area contributed by atoms with Crippen LogP contribution in [0.2, 0.25) is 0 Å². The zero-order valence-electron chi connectivity index (χ0n) is 14.9. The summed E-state index contributed by atoms with van der Waals surface area (Å²) in [6.07, 6.45) is 1.86. The molecule has 1 saturated heterocycles. The minimum absolute atomic E-state index is 0.208. The van der Waals surface area contributed by atoms with Crippen LogP contribution in [-0.4, -0.2) is 45.1 Å². The zero-order chi connectivity index (χ0) is 18.1. The Hall–Kier alpha value is -2.54. The van der Waals surface area contributed by atoms with E-state index in [0.717, 1.165) is 52.9 Å². The molecule has 1 fully saturated rings. The monoisotopic (exact) mass is 367 g/mol. The predicted molar refractivity (Wildman–Crippen MR) is 106 cm³/mol. The van der Waals surface area contributed by atoms with Crippen LogP contribution >= 0.6 is 11.8 Å².